The molecule has 0 aliphatic heterocycles. The molecule has 0 aromatic carbocycles. The Kier molecular flexibility index (Phi) is 2.18. The average molecular weight is 227 g/mol. The molecule has 0 spiro atoms. The Bertz CT molecular complexity index is 551. The molecule has 1 fully saturated rings. The van der Waals surface area contributed by atoms with Crippen LogP contribution in [0.3, 0.4) is 0 Å². The quantitative estimate of drug-likeness (QED) is 0.614. The molecule has 86 valence electrons. The normalized spacial score (nSPS) is 14.8. The van der Waals surface area contributed by atoms with E-state index in [-0.39, 0.29) is 5.84 Å². The molecular formula is C12H13N5. The molecule has 0 atom stereocenters. The second kappa shape index (κ2) is 3.69. The van der Waals surface area contributed by atoms with E-state index in [1.165, 1.54) is 12.8 Å². The van der Waals surface area contributed by atoms with Crippen LogP contribution in [0.25, 0.3) is 5.69 Å². The van der Waals surface area contributed by atoms with Crippen LogP contribution in [-0.2, 0) is 0 Å². The Balaban J connectivity index is 1.89. The van der Waals surface area contributed by atoms with Crippen molar-refractivity contribution in [3.63, 3.8) is 0 Å². The number of rotatable bonds is 3. The molecule has 5 nitrogen and oxygen atoms in total. The second-order valence-electron chi connectivity index (χ2n) is 4.27. The summed E-state index contributed by atoms with van der Waals surface area (Å²) in [6, 6.07) is 5.65. The summed E-state index contributed by atoms with van der Waals surface area (Å²) in [5, 5.41) is 11.8. The van der Waals surface area contributed by atoms with Gasteiger partial charge in [0.05, 0.1) is 17.6 Å². The Morgan fingerprint density at radius 3 is 2.76 bits per heavy atom. The lowest BCUT2D eigenvalue weighted by molar-refractivity contribution is 0.832. The monoisotopic (exact) mass is 227 g/mol. The van der Waals surface area contributed by atoms with Crippen molar-refractivity contribution in [3.05, 3.63) is 42.0 Å². The lowest BCUT2D eigenvalue weighted by Gasteiger charge is -2.02. The fourth-order valence-electron chi connectivity index (χ4n) is 1.76. The van der Waals surface area contributed by atoms with Gasteiger partial charge in [-0.1, -0.05) is 0 Å². The van der Waals surface area contributed by atoms with Crippen molar-refractivity contribution in [2.24, 2.45) is 5.73 Å². The Morgan fingerprint density at radius 2 is 2.18 bits per heavy atom. The van der Waals surface area contributed by atoms with Gasteiger partial charge in [0, 0.05) is 12.1 Å². The van der Waals surface area contributed by atoms with Crippen molar-refractivity contribution in [1.82, 2.24) is 14.8 Å². The van der Waals surface area contributed by atoms with Gasteiger partial charge in [-0.05, 0) is 31.0 Å². The van der Waals surface area contributed by atoms with Gasteiger partial charge in [0.25, 0.3) is 0 Å². The van der Waals surface area contributed by atoms with E-state index >= 15 is 0 Å². The zero-order chi connectivity index (χ0) is 11.8. The first-order valence-corrected chi connectivity index (χ1v) is 5.60. The average Bonchev–Trinajstić information content (AvgIpc) is 3.07. The van der Waals surface area contributed by atoms with Crippen LogP contribution in [0.15, 0.2) is 30.6 Å². The number of nitrogens with zero attached hydrogens (tertiary/aromatic N) is 3. The number of nitrogens with one attached hydrogen (secondary N) is 1. The molecule has 3 rings (SSSR count). The summed E-state index contributed by atoms with van der Waals surface area (Å²) in [6.07, 6.45) is 6.12. The molecule has 0 saturated heterocycles. The van der Waals surface area contributed by atoms with E-state index in [1.54, 1.807) is 12.3 Å². The van der Waals surface area contributed by atoms with E-state index in [0.717, 1.165) is 11.4 Å². The molecule has 0 amide bonds. The van der Waals surface area contributed by atoms with Gasteiger partial charge in [0.1, 0.15) is 11.5 Å². The first kappa shape index (κ1) is 10.0. The number of pyridine rings is 1. The Labute approximate surface area is 98.8 Å². The van der Waals surface area contributed by atoms with E-state index < -0.39 is 0 Å². The fourth-order valence-corrected chi connectivity index (χ4v) is 1.76. The number of nitrogens with two attached hydrogens (primary N) is 1. The molecule has 0 unspecified atom stereocenters. The van der Waals surface area contributed by atoms with Gasteiger partial charge >= 0.3 is 0 Å². The fraction of sp³-hybridized carbons (Fsp3) is 0.250. The Hall–Kier alpha value is -2.17. The molecule has 2 aromatic rings. The summed E-state index contributed by atoms with van der Waals surface area (Å²) in [5.74, 6) is 0.636. The summed E-state index contributed by atoms with van der Waals surface area (Å²) in [5.41, 5.74) is 7.89. The first-order chi connectivity index (χ1) is 8.24. The lowest BCUT2D eigenvalue weighted by Crippen LogP contribution is -2.13. The highest BCUT2D eigenvalue weighted by atomic mass is 15.3. The highest BCUT2D eigenvalue weighted by Crippen LogP contribution is 2.38. The lowest BCUT2D eigenvalue weighted by atomic mass is 10.3. The van der Waals surface area contributed by atoms with Gasteiger partial charge in [0.15, 0.2) is 0 Å². The zero-order valence-corrected chi connectivity index (χ0v) is 9.30. The summed E-state index contributed by atoms with van der Waals surface area (Å²) in [4.78, 5) is 4.11. The molecule has 1 aliphatic rings. The van der Waals surface area contributed by atoms with Crippen molar-refractivity contribution in [1.29, 1.82) is 5.41 Å². The third kappa shape index (κ3) is 1.91. The molecular weight excluding hydrogens is 214 g/mol. The summed E-state index contributed by atoms with van der Waals surface area (Å²) in [6.45, 7) is 0. The maximum absolute atomic E-state index is 7.27. The molecule has 0 radical (unpaired) electrons. The highest BCUT2D eigenvalue weighted by Gasteiger charge is 2.25. The van der Waals surface area contributed by atoms with Gasteiger partial charge in [0.2, 0.25) is 0 Å². The minimum Gasteiger partial charge on any atom is -0.382 e. The van der Waals surface area contributed by atoms with Crippen LogP contribution in [0.1, 0.15) is 30.1 Å². The van der Waals surface area contributed by atoms with Crippen LogP contribution in [0.5, 0.6) is 0 Å². The van der Waals surface area contributed by atoms with Crippen LogP contribution in [0.2, 0.25) is 0 Å². The molecule has 17 heavy (non-hydrogen) atoms. The molecule has 1 aliphatic carbocycles. The SMILES string of the molecule is N=C(N)c1ccc(-n2ccc(C3CC3)n2)cn1. The van der Waals surface area contributed by atoms with Crippen molar-refractivity contribution in [2.45, 2.75) is 18.8 Å². The smallest absolute Gasteiger partial charge is 0.141 e. The van der Waals surface area contributed by atoms with Crippen molar-refractivity contribution < 1.29 is 0 Å². The predicted octanol–water partition coefficient (Wildman–Crippen LogP) is 1.43. The van der Waals surface area contributed by atoms with Gasteiger partial charge < -0.3 is 5.73 Å². The standard InChI is InChI=1S/C12H13N5/c13-12(14)11-4-3-9(7-15-11)17-6-5-10(16-17)8-1-2-8/h3-8H,1-2H2,(H3,13,14). The topological polar surface area (TPSA) is 80.6 Å². The van der Waals surface area contributed by atoms with Gasteiger partial charge in [-0.15, -0.1) is 0 Å². The third-order valence-electron chi connectivity index (χ3n) is 2.89. The van der Waals surface area contributed by atoms with E-state index in [2.05, 4.69) is 16.1 Å². The third-order valence-corrected chi connectivity index (χ3v) is 2.89. The summed E-state index contributed by atoms with van der Waals surface area (Å²) >= 11 is 0. The number of amidine groups is 1. The number of hydrogen-bond donors (Lipinski definition) is 2. The van der Waals surface area contributed by atoms with E-state index in [9.17, 15) is 0 Å². The van der Waals surface area contributed by atoms with Gasteiger partial charge in [-0.25, -0.2) is 4.68 Å². The van der Waals surface area contributed by atoms with Crippen LogP contribution in [-0.4, -0.2) is 20.6 Å². The highest BCUT2D eigenvalue weighted by molar-refractivity contribution is 5.92. The first-order valence-electron chi connectivity index (χ1n) is 5.60. The van der Waals surface area contributed by atoms with Crippen molar-refractivity contribution >= 4 is 5.84 Å². The minimum absolute atomic E-state index is 0.0179. The number of nitrogen functional groups attached to an aromatic ring is 1. The van der Waals surface area contributed by atoms with Crippen LogP contribution in [0.4, 0.5) is 0 Å². The van der Waals surface area contributed by atoms with Gasteiger partial charge in [-0.3, -0.25) is 10.4 Å². The summed E-state index contributed by atoms with van der Waals surface area (Å²) < 4.78 is 1.81. The maximum atomic E-state index is 7.27. The minimum atomic E-state index is -0.0179. The zero-order valence-electron chi connectivity index (χ0n) is 9.30. The Morgan fingerprint density at radius 1 is 1.35 bits per heavy atom. The van der Waals surface area contributed by atoms with Gasteiger partial charge in [-0.2, -0.15) is 5.10 Å². The largest absolute Gasteiger partial charge is 0.382 e. The molecule has 5 heteroatoms. The molecule has 1 saturated carbocycles. The predicted molar refractivity (Wildman–Crippen MR) is 64.4 cm³/mol. The van der Waals surface area contributed by atoms with E-state index in [4.69, 9.17) is 11.1 Å². The van der Waals surface area contributed by atoms with Crippen LogP contribution >= 0.6 is 0 Å². The number of hydrogen-bond acceptors (Lipinski definition) is 3. The molecule has 3 N–H and O–H groups in total. The van der Waals surface area contributed by atoms with Crippen LogP contribution in [0, 0.1) is 5.41 Å². The van der Waals surface area contributed by atoms with Crippen molar-refractivity contribution in [3.8, 4) is 5.69 Å². The van der Waals surface area contributed by atoms with Crippen molar-refractivity contribution in [2.75, 3.05) is 0 Å². The molecule has 2 heterocycles. The van der Waals surface area contributed by atoms with Crippen LogP contribution < -0.4 is 5.73 Å². The maximum Gasteiger partial charge on any atom is 0.141 e. The summed E-state index contributed by atoms with van der Waals surface area (Å²) in [7, 11) is 0. The van der Waals surface area contributed by atoms with E-state index in [0.29, 0.717) is 11.6 Å². The molecule has 0 bridgehead atoms. The number of aromatic nitrogens is 3. The van der Waals surface area contributed by atoms with E-state index in [1.807, 2.05) is 16.9 Å². The molecule has 2 aromatic heterocycles. The second-order valence-corrected chi connectivity index (χ2v) is 4.27.